The van der Waals surface area contributed by atoms with Crippen molar-refractivity contribution in [2.24, 2.45) is 0 Å². The Hall–Kier alpha value is -1.15. The molecule has 0 fully saturated rings. The van der Waals surface area contributed by atoms with Crippen molar-refractivity contribution in [1.29, 1.82) is 0 Å². The molecule has 18 heavy (non-hydrogen) atoms. The molecule has 8 heteroatoms. The number of hydrogen-bond donors (Lipinski definition) is 4. The molecular weight excluding hydrogens is 260 g/mol. The van der Waals surface area contributed by atoms with Crippen molar-refractivity contribution < 1.29 is 24.0 Å². The largest absolute Gasteiger partial charge is 0.481 e. The van der Waals surface area contributed by atoms with Crippen LogP contribution in [-0.2, 0) is 15.6 Å². The Bertz CT molecular complexity index is 332. The first-order valence-corrected chi connectivity index (χ1v) is 7.13. The highest BCUT2D eigenvalue weighted by Crippen LogP contribution is 2.07. The minimum atomic E-state index is -1.50. The summed E-state index contributed by atoms with van der Waals surface area (Å²) in [7, 11) is -1.01. The molecule has 0 radical (unpaired) electrons. The maximum atomic E-state index is 11.4. The number of hydrogen-bond acceptors (Lipinski definition) is 4. The number of nitrogens with one attached hydrogen (secondary N) is 2. The van der Waals surface area contributed by atoms with Crippen LogP contribution in [0.15, 0.2) is 0 Å². The Morgan fingerprint density at radius 1 is 1.44 bits per heavy atom. The summed E-state index contributed by atoms with van der Waals surface area (Å²) in [5.41, 5.74) is -1.50. The van der Waals surface area contributed by atoms with Crippen LogP contribution in [0.4, 0.5) is 4.79 Å². The number of amides is 2. The van der Waals surface area contributed by atoms with Crippen molar-refractivity contribution in [2.45, 2.75) is 31.9 Å². The van der Waals surface area contributed by atoms with Crippen molar-refractivity contribution in [3.63, 3.8) is 0 Å². The highest BCUT2D eigenvalue weighted by molar-refractivity contribution is 7.84. The first-order valence-electron chi connectivity index (χ1n) is 5.41. The number of aliphatic hydroxyl groups is 1. The second kappa shape index (κ2) is 7.32. The van der Waals surface area contributed by atoms with Gasteiger partial charge in [-0.1, -0.05) is 0 Å². The van der Waals surface area contributed by atoms with Crippen molar-refractivity contribution in [3.8, 4) is 0 Å². The monoisotopic (exact) mass is 280 g/mol. The Morgan fingerprint density at radius 3 is 2.44 bits per heavy atom. The third-order valence-corrected chi connectivity index (χ3v) is 2.99. The van der Waals surface area contributed by atoms with E-state index in [-0.39, 0.29) is 12.6 Å². The predicted octanol–water partition coefficient (Wildman–Crippen LogP) is -0.722. The molecule has 0 aliphatic carbocycles. The van der Waals surface area contributed by atoms with Crippen LogP contribution >= 0.6 is 0 Å². The van der Waals surface area contributed by atoms with E-state index in [0.29, 0.717) is 5.75 Å². The molecule has 106 valence electrons. The van der Waals surface area contributed by atoms with E-state index in [9.17, 15) is 18.9 Å². The molecule has 0 spiro atoms. The molecule has 0 aliphatic rings. The van der Waals surface area contributed by atoms with Crippen LogP contribution in [0.3, 0.4) is 0 Å². The topological polar surface area (TPSA) is 116 Å². The lowest BCUT2D eigenvalue weighted by Gasteiger charge is -2.22. The van der Waals surface area contributed by atoms with Crippen LogP contribution in [0.25, 0.3) is 0 Å². The smallest absolute Gasteiger partial charge is 0.315 e. The van der Waals surface area contributed by atoms with E-state index < -0.39 is 34.8 Å². The molecule has 0 bridgehead atoms. The average Bonchev–Trinajstić information content (AvgIpc) is 2.11. The molecule has 0 heterocycles. The van der Waals surface area contributed by atoms with E-state index >= 15 is 0 Å². The van der Waals surface area contributed by atoms with Gasteiger partial charge in [-0.05, 0) is 13.8 Å². The summed E-state index contributed by atoms with van der Waals surface area (Å²) in [6, 6.07) is -0.793. The summed E-state index contributed by atoms with van der Waals surface area (Å²) in [5, 5.41) is 23.1. The Balaban J connectivity index is 4.03. The fraction of sp³-hybridized carbons (Fsp3) is 0.800. The number of carbonyl (C=O) groups is 2. The second-order valence-corrected chi connectivity index (χ2v) is 6.02. The lowest BCUT2D eigenvalue weighted by atomic mass is 10.0. The maximum Gasteiger partial charge on any atom is 0.315 e. The third kappa shape index (κ3) is 8.94. The predicted molar refractivity (Wildman–Crippen MR) is 67.8 cm³/mol. The van der Waals surface area contributed by atoms with E-state index in [1.54, 1.807) is 6.92 Å². The molecule has 0 saturated carbocycles. The highest BCUT2D eigenvalue weighted by Gasteiger charge is 2.24. The number of carbonyl (C=O) groups excluding carboxylic acids is 1. The van der Waals surface area contributed by atoms with E-state index in [0.717, 1.165) is 0 Å². The second-order valence-electron chi connectivity index (χ2n) is 4.54. The minimum absolute atomic E-state index is 0.174. The van der Waals surface area contributed by atoms with Crippen LogP contribution in [0, 0.1) is 0 Å². The Kier molecular flexibility index (Phi) is 6.85. The summed E-state index contributed by atoms with van der Waals surface area (Å²) < 4.78 is 10.9. The molecule has 3 atom stereocenters. The Morgan fingerprint density at radius 2 is 2.00 bits per heavy atom. The van der Waals surface area contributed by atoms with Gasteiger partial charge in [0.2, 0.25) is 0 Å². The summed E-state index contributed by atoms with van der Waals surface area (Å²) in [6.45, 7) is 2.86. The fourth-order valence-electron chi connectivity index (χ4n) is 1.33. The molecule has 3 unspecified atom stereocenters. The molecule has 0 aromatic heterocycles. The number of urea groups is 1. The van der Waals surface area contributed by atoms with E-state index in [1.165, 1.54) is 13.2 Å². The SMILES string of the molecule is CC(CS(C)=O)NC(=O)NCC(C)(O)CC(=O)O. The zero-order valence-electron chi connectivity index (χ0n) is 10.7. The van der Waals surface area contributed by atoms with Gasteiger partial charge in [-0.25, -0.2) is 4.79 Å². The highest BCUT2D eigenvalue weighted by atomic mass is 32.2. The Labute approximate surface area is 108 Å². The zero-order valence-corrected chi connectivity index (χ0v) is 11.5. The first-order chi connectivity index (χ1) is 8.12. The standard InChI is InChI=1S/C10H20N2O5S/c1-7(5-18(3)17)12-9(15)11-6-10(2,16)4-8(13)14/h7,16H,4-6H2,1-3H3,(H,13,14)(H2,11,12,15). The van der Waals surface area contributed by atoms with Crippen LogP contribution in [0.5, 0.6) is 0 Å². The molecule has 0 aliphatic heterocycles. The first kappa shape index (κ1) is 16.9. The molecule has 0 aromatic carbocycles. The molecule has 0 saturated heterocycles. The number of aliphatic carboxylic acids is 1. The van der Waals surface area contributed by atoms with Crippen molar-refractivity contribution in [2.75, 3.05) is 18.6 Å². The number of carboxylic acids is 1. The van der Waals surface area contributed by atoms with Crippen molar-refractivity contribution in [3.05, 3.63) is 0 Å². The summed E-state index contributed by atoms with van der Waals surface area (Å²) in [5.74, 6) is -0.809. The van der Waals surface area contributed by atoms with Gasteiger partial charge in [-0.15, -0.1) is 0 Å². The molecule has 0 rings (SSSR count). The van der Waals surface area contributed by atoms with Crippen molar-refractivity contribution in [1.82, 2.24) is 10.6 Å². The molecule has 7 nitrogen and oxygen atoms in total. The van der Waals surface area contributed by atoms with Gasteiger partial charge >= 0.3 is 12.0 Å². The van der Waals surface area contributed by atoms with Gasteiger partial charge in [0.05, 0.1) is 12.0 Å². The molecule has 4 N–H and O–H groups in total. The molecule has 2 amide bonds. The lowest BCUT2D eigenvalue weighted by molar-refractivity contribution is -0.141. The average molecular weight is 280 g/mol. The van der Waals surface area contributed by atoms with Crippen LogP contribution < -0.4 is 10.6 Å². The van der Waals surface area contributed by atoms with Gasteiger partial charge < -0.3 is 20.8 Å². The van der Waals surface area contributed by atoms with Crippen LogP contribution in [-0.4, -0.2) is 56.6 Å². The zero-order chi connectivity index (χ0) is 14.3. The third-order valence-electron chi connectivity index (χ3n) is 2.02. The van der Waals surface area contributed by atoms with Gasteiger partial charge in [0.1, 0.15) is 0 Å². The van der Waals surface area contributed by atoms with Crippen LogP contribution in [0.1, 0.15) is 20.3 Å². The summed E-state index contributed by atoms with van der Waals surface area (Å²) >= 11 is 0. The van der Waals surface area contributed by atoms with Gasteiger partial charge in [0.15, 0.2) is 0 Å². The molecular formula is C10H20N2O5S. The maximum absolute atomic E-state index is 11.4. The van der Waals surface area contributed by atoms with Crippen LogP contribution in [0.2, 0.25) is 0 Å². The minimum Gasteiger partial charge on any atom is -0.481 e. The van der Waals surface area contributed by atoms with Gasteiger partial charge in [-0.2, -0.15) is 0 Å². The van der Waals surface area contributed by atoms with E-state index in [1.807, 2.05) is 0 Å². The van der Waals surface area contributed by atoms with Gasteiger partial charge in [0.25, 0.3) is 0 Å². The number of rotatable bonds is 7. The van der Waals surface area contributed by atoms with Gasteiger partial charge in [0, 0.05) is 35.4 Å². The van der Waals surface area contributed by atoms with Gasteiger partial charge in [-0.3, -0.25) is 9.00 Å². The molecule has 0 aromatic rings. The van der Waals surface area contributed by atoms with Crippen molar-refractivity contribution >= 4 is 22.8 Å². The fourth-order valence-corrected chi connectivity index (χ4v) is 2.11. The summed E-state index contributed by atoms with van der Waals surface area (Å²) in [4.78, 5) is 21.8. The van der Waals surface area contributed by atoms with E-state index in [4.69, 9.17) is 5.11 Å². The normalized spacial score (nSPS) is 17.3. The lowest BCUT2D eigenvalue weighted by Crippen LogP contribution is -2.48. The quantitative estimate of drug-likeness (QED) is 0.491. The summed E-state index contributed by atoms with van der Waals surface area (Å²) in [6.07, 6.45) is 1.08. The number of carboxylic acid groups (broad SMARTS) is 1. The van der Waals surface area contributed by atoms with E-state index in [2.05, 4.69) is 10.6 Å².